The number of aromatic nitrogens is 2. The van der Waals surface area contributed by atoms with E-state index in [0.717, 1.165) is 5.56 Å². The number of benzene rings is 1. The van der Waals surface area contributed by atoms with E-state index in [1.807, 2.05) is 18.2 Å². The maximum atomic E-state index is 12.9. The van der Waals surface area contributed by atoms with Crippen molar-refractivity contribution in [3.05, 3.63) is 60.4 Å². The Labute approximate surface area is 174 Å². The highest BCUT2D eigenvalue weighted by Crippen LogP contribution is 2.24. The molecule has 3 amide bonds. The number of nitrogens with one attached hydrogen (secondary N) is 3. The summed E-state index contributed by atoms with van der Waals surface area (Å²) < 4.78 is 0. The van der Waals surface area contributed by atoms with Crippen LogP contribution in [0, 0.1) is 5.92 Å². The molecule has 3 rings (SSSR count). The van der Waals surface area contributed by atoms with Crippen molar-refractivity contribution < 1.29 is 14.4 Å². The Balaban J connectivity index is 1.87. The molecular formula is C22H23N5O3. The van der Waals surface area contributed by atoms with Crippen LogP contribution in [-0.4, -0.2) is 33.7 Å². The van der Waals surface area contributed by atoms with Gasteiger partial charge in [-0.2, -0.15) is 0 Å². The summed E-state index contributed by atoms with van der Waals surface area (Å²) in [5, 5.41) is 3.24. The van der Waals surface area contributed by atoms with Crippen molar-refractivity contribution in [1.82, 2.24) is 26.1 Å². The number of carbonyl (C=O) groups is 3. The molecule has 3 N–H and O–H groups in total. The van der Waals surface area contributed by atoms with E-state index in [4.69, 9.17) is 0 Å². The minimum absolute atomic E-state index is 0.147. The van der Waals surface area contributed by atoms with Crippen LogP contribution in [0.5, 0.6) is 0 Å². The molecule has 0 aliphatic rings. The normalized spacial score (nSPS) is 11.7. The highest BCUT2D eigenvalue weighted by atomic mass is 16.2. The van der Waals surface area contributed by atoms with Crippen LogP contribution in [0.15, 0.2) is 54.9 Å². The maximum absolute atomic E-state index is 12.9. The molecule has 0 saturated carbocycles. The van der Waals surface area contributed by atoms with Crippen molar-refractivity contribution >= 4 is 28.6 Å². The molecule has 8 nitrogen and oxygen atoms in total. The molecule has 0 aliphatic heterocycles. The van der Waals surface area contributed by atoms with Gasteiger partial charge in [-0.25, -0.2) is 4.98 Å². The minimum atomic E-state index is -0.760. The fraction of sp³-hybridized carbons (Fsp3) is 0.227. The Hall–Kier alpha value is -3.81. The zero-order valence-electron chi connectivity index (χ0n) is 17.0. The number of pyridine rings is 2. The van der Waals surface area contributed by atoms with Gasteiger partial charge in [0.25, 0.3) is 11.8 Å². The molecule has 3 aromatic rings. The van der Waals surface area contributed by atoms with Crippen molar-refractivity contribution in [2.24, 2.45) is 5.92 Å². The van der Waals surface area contributed by atoms with E-state index in [1.165, 1.54) is 6.92 Å². The van der Waals surface area contributed by atoms with Gasteiger partial charge in [-0.3, -0.25) is 30.2 Å². The lowest BCUT2D eigenvalue weighted by atomic mass is 10.0. The summed E-state index contributed by atoms with van der Waals surface area (Å²) in [6.07, 6.45) is 3.31. The Bertz CT molecular complexity index is 1080. The van der Waals surface area contributed by atoms with E-state index in [-0.39, 0.29) is 11.8 Å². The van der Waals surface area contributed by atoms with Gasteiger partial charge in [0.05, 0.1) is 16.8 Å². The van der Waals surface area contributed by atoms with E-state index in [9.17, 15) is 14.4 Å². The lowest BCUT2D eigenvalue weighted by Gasteiger charge is -2.21. The van der Waals surface area contributed by atoms with Crippen LogP contribution in [-0.2, 0) is 9.59 Å². The van der Waals surface area contributed by atoms with E-state index in [1.54, 1.807) is 50.5 Å². The van der Waals surface area contributed by atoms with Crippen LogP contribution in [0.2, 0.25) is 0 Å². The van der Waals surface area contributed by atoms with Crippen LogP contribution in [0.4, 0.5) is 0 Å². The first kappa shape index (κ1) is 20.9. The summed E-state index contributed by atoms with van der Waals surface area (Å²) in [7, 11) is 0. The number of fused-ring (bicyclic) bond motifs is 1. The summed E-state index contributed by atoms with van der Waals surface area (Å²) in [5.41, 5.74) is 7.31. The van der Waals surface area contributed by atoms with Gasteiger partial charge in [0, 0.05) is 30.3 Å². The Morgan fingerprint density at radius 2 is 1.67 bits per heavy atom. The zero-order valence-corrected chi connectivity index (χ0v) is 17.0. The SMILES string of the molecule is CC(=O)NC(C(=O)NNC(=O)c1cc(-c2ccncc2)nc2ccccc12)C(C)C. The van der Waals surface area contributed by atoms with E-state index in [2.05, 4.69) is 26.1 Å². The molecule has 1 atom stereocenters. The minimum Gasteiger partial charge on any atom is -0.344 e. The van der Waals surface area contributed by atoms with Crippen LogP contribution in [0.25, 0.3) is 22.2 Å². The molecule has 0 bridgehead atoms. The third-order valence-corrected chi connectivity index (χ3v) is 4.54. The maximum Gasteiger partial charge on any atom is 0.270 e. The standard InChI is InChI=1S/C22H23N5O3/c1-13(2)20(24-14(3)28)22(30)27-26-21(29)17-12-19(15-8-10-23-11-9-15)25-18-7-5-4-6-16(17)18/h4-13,20H,1-3H3,(H,24,28)(H,26,29)(H,27,30). The lowest BCUT2D eigenvalue weighted by Crippen LogP contribution is -2.54. The zero-order chi connectivity index (χ0) is 21.7. The van der Waals surface area contributed by atoms with Gasteiger partial charge in [0.15, 0.2) is 0 Å². The summed E-state index contributed by atoms with van der Waals surface area (Å²) in [6, 6.07) is 11.8. The third-order valence-electron chi connectivity index (χ3n) is 4.54. The molecule has 30 heavy (non-hydrogen) atoms. The van der Waals surface area contributed by atoms with Crippen LogP contribution in [0.1, 0.15) is 31.1 Å². The number of para-hydroxylation sites is 1. The number of amides is 3. The summed E-state index contributed by atoms with van der Waals surface area (Å²) in [6.45, 7) is 4.95. The van der Waals surface area contributed by atoms with Crippen molar-refractivity contribution in [2.45, 2.75) is 26.8 Å². The van der Waals surface area contributed by atoms with E-state index < -0.39 is 17.9 Å². The van der Waals surface area contributed by atoms with Gasteiger partial charge in [0.1, 0.15) is 6.04 Å². The fourth-order valence-electron chi connectivity index (χ4n) is 3.05. The fourth-order valence-corrected chi connectivity index (χ4v) is 3.05. The van der Waals surface area contributed by atoms with Gasteiger partial charge in [-0.1, -0.05) is 32.0 Å². The average molecular weight is 405 g/mol. The molecule has 0 saturated heterocycles. The molecule has 0 aliphatic carbocycles. The second kappa shape index (κ2) is 9.13. The van der Waals surface area contributed by atoms with Gasteiger partial charge >= 0.3 is 0 Å². The molecule has 0 spiro atoms. The molecule has 0 fully saturated rings. The summed E-state index contributed by atoms with van der Waals surface area (Å²) >= 11 is 0. The average Bonchev–Trinajstić information content (AvgIpc) is 2.75. The number of hydrogen-bond acceptors (Lipinski definition) is 5. The third kappa shape index (κ3) is 4.78. The van der Waals surface area contributed by atoms with Crippen molar-refractivity contribution in [3.8, 4) is 11.3 Å². The molecule has 1 unspecified atom stereocenters. The van der Waals surface area contributed by atoms with Gasteiger partial charge in [-0.15, -0.1) is 0 Å². The first-order valence-corrected chi connectivity index (χ1v) is 9.54. The van der Waals surface area contributed by atoms with E-state index >= 15 is 0 Å². The largest absolute Gasteiger partial charge is 0.344 e. The predicted octanol–water partition coefficient (Wildman–Crippen LogP) is 2.22. The second-order valence-electron chi connectivity index (χ2n) is 7.17. The number of carbonyl (C=O) groups excluding carboxylic acids is 3. The second-order valence-corrected chi connectivity index (χ2v) is 7.17. The smallest absolute Gasteiger partial charge is 0.270 e. The topological polar surface area (TPSA) is 113 Å². The van der Waals surface area contributed by atoms with Gasteiger partial charge in [-0.05, 0) is 30.2 Å². The summed E-state index contributed by atoms with van der Waals surface area (Å²) in [5.74, 6) is -1.45. The number of hydrazine groups is 1. The van der Waals surface area contributed by atoms with Crippen LogP contribution in [0.3, 0.4) is 0 Å². The van der Waals surface area contributed by atoms with Gasteiger partial charge in [0.2, 0.25) is 5.91 Å². The van der Waals surface area contributed by atoms with Crippen molar-refractivity contribution in [1.29, 1.82) is 0 Å². The van der Waals surface area contributed by atoms with Crippen LogP contribution >= 0.6 is 0 Å². The molecular weight excluding hydrogens is 382 g/mol. The first-order chi connectivity index (χ1) is 14.4. The van der Waals surface area contributed by atoms with Gasteiger partial charge < -0.3 is 5.32 Å². The first-order valence-electron chi connectivity index (χ1n) is 9.54. The molecule has 154 valence electrons. The van der Waals surface area contributed by atoms with E-state index in [0.29, 0.717) is 22.2 Å². The lowest BCUT2D eigenvalue weighted by molar-refractivity contribution is -0.129. The number of nitrogens with zero attached hydrogens (tertiary/aromatic N) is 2. The number of hydrogen-bond donors (Lipinski definition) is 3. The van der Waals surface area contributed by atoms with Crippen LogP contribution < -0.4 is 16.2 Å². The molecule has 2 heterocycles. The Kier molecular flexibility index (Phi) is 6.36. The molecule has 8 heteroatoms. The van der Waals surface area contributed by atoms with Crippen molar-refractivity contribution in [2.75, 3.05) is 0 Å². The molecule has 2 aromatic heterocycles. The molecule has 0 radical (unpaired) electrons. The Morgan fingerprint density at radius 3 is 2.33 bits per heavy atom. The molecule has 1 aromatic carbocycles. The monoisotopic (exact) mass is 405 g/mol. The summed E-state index contributed by atoms with van der Waals surface area (Å²) in [4.78, 5) is 45.3. The number of rotatable bonds is 5. The Morgan fingerprint density at radius 1 is 0.967 bits per heavy atom. The predicted molar refractivity (Wildman–Crippen MR) is 113 cm³/mol. The van der Waals surface area contributed by atoms with Crippen molar-refractivity contribution in [3.63, 3.8) is 0 Å². The quantitative estimate of drug-likeness (QED) is 0.564. The highest BCUT2D eigenvalue weighted by molar-refractivity contribution is 6.07. The highest BCUT2D eigenvalue weighted by Gasteiger charge is 2.24.